The summed E-state index contributed by atoms with van der Waals surface area (Å²) in [5, 5.41) is 12.2. The minimum absolute atomic E-state index is 0.0206. The van der Waals surface area contributed by atoms with Crippen molar-refractivity contribution in [3.63, 3.8) is 0 Å². The number of phenols is 1. The Balaban J connectivity index is 2.67. The number of hydrogen-bond acceptors (Lipinski definition) is 4. The van der Waals surface area contributed by atoms with Gasteiger partial charge in [-0.25, -0.2) is 0 Å². The number of carbonyl (C=O) groups is 1. The van der Waals surface area contributed by atoms with E-state index in [1.165, 1.54) is 13.2 Å². The highest BCUT2D eigenvalue weighted by Gasteiger charge is 2.15. The van der Waals surface area contributed by atoms with Gasteiger partial charge in [-0.15, -0.1) is 0 Å². The quantitative estimate of drug-likeness (QED) is 0.744. The Morgan fingerprint density at radius 3 is 2.67 bits per heavy atom. The summed E-state index contributed by atoms with van der Waals surface area (Å²) in [5.74, 6) is 0.440. The summed E-state index contributed by atoms with van der Waals surface area (Å²) in [6, 6.07) is 4.12. The topological polar surface area (TPSA) is 84.6 Å². The Morgan fingerprint density at radius 1 is 1.50 bits per heavy atom. The van der Waals surface area contributed by atoms with Crippen molar-refractivity contribution in [1.82, 2.24) is 0 Å². The SMILES string of the molecule is COc1ccc(NC(=O)[C@H](N)CC(C)C)cc1O. The Bertz CT molecular complexity index is 419. The van der Waals surface area contributed by atoms with Gasteiger partial charge in [0.1, 0.15) is 0 Å². The van der Waals surface area contributed by atoms with Crippen molar-refractivity contribution in [2.75, 3.05) is 12.4 Å². The van der Waals surface area contributed by atoms with Crippen molar-refractivity contribution in [2.24, 2.45) is 11.7 Å². The highest BCUT2D eigenvalue weighted by atomic mass is 16.5. The predicted molar refractivity (Wildman–Crippen MR) is 70.7 cm³/mol. The van der Waals surface area contributed by atoms with E-state index in [9.17, 15) is 9.90 Å². The molecule has 0 fully saturated rings. The van der Waals surface area contributed by atoms with Crippen LogP contribution in [-0.4, -0.2) is 24.2 Å². The van der Waals surface area contributed by atoms with Crippen LogP contribution in [-0.2, 0) is 4.79 Å². The van der Waals surface area contributed by atoms with Crippen LogP contribution in [0.2, 0.25) is 0 Å². The van der Waals surface area contributed by atoms with Crippen LogP contribution < -0.4 is 15.8 Å². The lowest BCUT2D eigenvalue weighted by molar-refractivity contribution is -0.117. The molecule has 18 heavy (non-hydrogen) atoms. The number of rotatable bonds is 5. The average molecular weight is 252 g/mol. The Hall–Kier alpha value is -1.75. The van der Waals surface area contributed by atoms with Crippen molar-refractivity contribution in [1.29, 1.82) is 0 Å². The molecule has 0 saturated heterocycles. The Labute approximate surface area is 107 Å². The van der Waals surface area contributed by atoms with E-state index >= 15 is 0 Å². The molecule has 1 atom stereocenters. The maximum absolute atomic E-state index is 11.8. The van der Waals surface area contributed by atoms with Crippen LogP contribution in [0.4, 0.5) is 5.69 Å². The second-order valence-corrected chi connectivity index (χ2v) is 4.61. The monoisotopic (exact) mass is 252 g/mol. The smallest absolute Gasteiger partial charge is 0.241 e. The van der Waals surface area contributed by atoms with Crippen molar-refractivity contribution >= 4 is 11.6 Å². The molecule has 1 aromatic carbocycles. The zero-order valence-electron chi connectivity index (χ0n) is 10.9. The summed E-state index contributed by atoms with van der Waals surface area (Å²) >= 11 is 0. The van der Waals surface area contributed by atoms with Gasteiger partial charge in [0, 0.05) is 11.8 Å². The van der Waals surface area contributed by atoms with Gasteiger partial charge in [0.2, 0.25) is 5.91 Å². The van der Waals surface area contributed by atoms with Gasteiger partial charge in [0.25, 0.3) is 0 Å². The molecular formula is C13H20N2O3. The number of hydrogen-bond donors (Lipinski definition) is 3. The molecule has 5 heteroatoms. The summed E-state index contributed by atoms with van der Waals surface area (Å²) in [6.07, 6.45) is 0.619. The van der Waals surface area contributed by atoms with E-state index in [0.29, 0.717) is 23.8 Å². The van der Waals surface area contributed by atoms with E-state index in [-0.39, 0.29) is 11.7 Å². The Kier molecular flexibility index (Phi) is 4.97. The summed E-state index contributed by atoms with van der Waals surface area (Å²) in [4.78, 5) is 11.8. The van der Waals surface area contributed by atoms with Crippen molar-refractivity contribution in [2.45, 2.75) is 26.3 Å². The number of nitrogens with two attached hydrogens (primary N) is 1. The zero-order valence-corrected chi connectivity index (χ0v) is 10.9. The van der Waals surface area contributed by atoms with Crippen LogP contribution in [0.15, 0.2) is 18.2 Å². The normalized spacial score (nSPS) is 12.3. The van der Waals surface area contributed by atoms with Gasteiger partial charge in [-0.3, -0.25) is 4.79 Å². The maximum atomic E-state index is 11.8. The molecule has 1 rings (SSSR count). The van der Waals surface area contributed by atoms with Crippen LogP contribution in [0, 0.1) is 5.92 Å². The minimum Gasteiger partial charge on any atom is -0.504 e. The maximum Gasteiger partial charge on any atom is 0.241 e. The molecule has 0 aliphatic carbocycles. The molecule has 5 nitrogen and oxygen atoms in total. The van der Waals surface area contributed by atoms with Gasteiger partial charge in [0.05, 0.1) is 13.2 Å². The number of amides is 1. The lowest BCUT2D eigenvalue weighted by atomic mass is 10.0. The largest absolute Gasteiger partial charge is 0.504 e. The number of anilines is 1. The average Bonchev–Trinajstić information content (AvgIpc) is 2.28. The zero-order chi connectivity index (χ0) is 13.7. The van der Waals surface area contributed by atoms with Crippen LogP contribution >= 0.6 is 0 Å². The standard InChI is InChI=1S/C13H20N2O3/c1-8(2)6-10(14)13(17)15-9-4-5-12(18-3)11(16)7-9/h4-5,7-8,10,16H,6,14H2,1-3H3,(H,15,17)/t10-/m1/s1. The number of carbonyl (C=O) groups excluding carboxylic acids is 1. The second kappa shape index (κ2) is 6.26. The molecule has 0 saturated carbocycles. The second-order valence-electron chi connectivity index (χ2n) is 4.61. The van der Waals surface area contributed by atoms with Crippen molar-refractivity contribution in [3.8, 4) is 11.5 Å². The first-order chi connectivity index (χ1) is 8.43. The third kappa shape index (κ3) is 3.92. The van der Waals surface area contributed by atoms with Crippen LogP contribution in [0.3, 0.4) is 0 Å². The van der Waals surface area contributed by atoms with E-state index < -0.39 is 6.04 Å². The molecule has 0 aromatic heterocycles. The number of nitrogens with one attached hydrogen (secondary N) is 1. The third-order valence-electron chi connectivity index (χ3n) is 2.51. The lowest BCUT2D eigenvalue weighted by Crippen LogP contribution is -2.36. The van der Waals surface area contributed by atoms with Crippen LogP contribution in [0.25, 0.3) is 0 Å². The van der Waals surface area contributed by atoms with E-state index in [2.05, 4.69) is 5.32 Å². The summed E-state index contributed by atoms with van der Waals surface area (Å²) in [6.45, 7) is 4.01. The van der Waals surface area contributed by atoms with Crippen molar-refractivity contribution < 1.29 is 14.6 Å². The lowest BCUT2D eigenvalue weighted by Gasteiger charge is -2.14. The molecule has 0 radical (unpaired) electrons. The van der Waals surface area contributed by atoms with E-state index in [4.69, 9.17) is 10.5 Å². The van der Waals surface area contributed by atoms with E-state index in [1.807, 2.05) is 13.8 Å². The molecule has 0 unspecified atom stereocenters. The first-order valence-corrected chi connectivity index (χ1v) is 5.87. The van der Waals surface area contributed by atoms with Gasteiger partial charge < -0.3 is 20.9 Å². The molecule has 100 valence electrons. The highest BCUT2D eigenvalue weighted by molar-refractivity contribution is 5.94. The molecule has 0 aliphatic rings. The van der Waals surface area contributed by atoms with Gasteiger partial charge >= 0.3 is 0 Å². The van der Waals surface area contributed by atoms with Gasteiger partial charge in [-0.2, -0.15) is 0 Å². The molecule has 0 bridgehead atoms. The van der Waals surface area contributed by atoms with E-state index in [1.54, 1.807) is 12.1 Å². The first-order valence-electron chi connectivity index (χ1n) is 5.87. The molecular weight excluding hydrogens is 232 g/mol. The number of phenolic OH excluding ortho intramolecular Hbond substituents is 1. The number of benzene rings is 1. The van der Waals surface area contributed by atoms with Gasteiger partial charge in [-0.1, -0.05) is 13.8 Å². The Morgan fingerprint density at radius 2 is 2.17 bits per heavy atom. The first kappa shape index (κ1) is 14.3. The van der Waals surface area contributed by atoms with Gasteiger partial charge in [-0.05, 0) is 24.5 Å². The molecule has 0 spiro atoms. The predicted octanol–water partition coefficient (Wildman–Crippen LogP) is 1.71. The number of aromatic hydroxyl groups is 1. The summed E-state index contributed by atoms with van der Waals surface area (Å²) < 4.78 is 4.92. The third-order valence-corrected chi connectivity index (χ3v) is 2.51. The molecule has 1 aromatic rings. The fourth-order valence-electron chi connectivity index (χ4n) is 1.62. The fraction of sp³-hybridized carbons (Fsp3) is 0.462. The van der Waals surface area contributed by atoms with E-state index in [0.717, 1.165) is 0 Å². The highest BCUT2D eigenvalue weighted by Crippen LogP contribution is 2.28. The number of methoxy groups -OCH3 is 1. The van der Waals surface area contributed by atoms with Gasteiger partial charge in [0.15, 0.2) is 11.5 Å². The fourth-order valence-corrected chi connectivity index (χ4v) is 1.62. The van der Waals surface area contributed by atoms with Crippen LogP contribution in [0.1, 0.15) is 20.3 Å². The summed E-state index contributed by atoms with van der Waals surface area (Å²) in [5.41, 5.74) is 6.26. The molecule has 0 heterocycles. The summed E-state index contributed by atoms with van der Waals surface area (Å²) in [7, 11) is 1.46. The van der Waals surface area contributed by atoms with Crippen molar-refractivity contribution in [3.05, 3.63) is 18.2 Å². The molecule has 0 aliphatic heterocycles. The minimum atomic E-state index is -0.547. The number of ether oxygens (including phenoxy) is 1. The molecule has 1 amide bonds. The van der Waals surface area contributed by atoms with Crippen LogP contribution in [0.5, 0.6) is 11.5 Å². The molecule has 4 N–H and O–H groups in total.